The van der Waals surface area contributed by atoms with E-state index in [-0.39, 0.29) is 0 Å². The van der Waals surface area contributed by atoms with Crippen molar-refractivity contribution in [2.45, 2.75) is 33.6 Å². The highest BCUT2D eigenvalue weighted by Gasteiger charge is 2.08. The van der Waals surface area contributed by atoms with E-state index in [1.807, 2.05) is 38.2 Å². The first-order valence-electron chi connectivity index (χ1n) is 7.24. The molecule has 0 radical (unpaired) electrons. The molecule has 1 heterocycles. The Bertz CT molecular complexity index is 501. The molecule has 1 rings (SSSR count). The highest BCUT2D eigenvalue weighted by molar-refractivity contribution is 9.10. The van der Waals surface area contributed by atoms with E-state index in [1.54, 1.807) is 0 Å². The summed E-state index contributed by atoms with van der Waals surface area (Å²) in [5, 5.41) is 0. The van der Waals surface area contributed by atoms with Crippen LogP contribution in [0.25, 0.3) is 0 Å². The number of rotatable bonds is 8. The molecule has 0 N–H and O–H groups in total. The Labute approximate surface area is 136 Å². The molecule has 0 saturated heterocycles. The summed E-state index contributed by atoms with van der Waals surface area (Å²) in [6.45, 7) is 7.63. The fraction of sp³-hybridized carbons (Fsp3) is 0.500. The molecule has 1 aromatic heterocycles. The molecule has 0 unspecified atom stereocenters. The number of aryl methyl sites for hydroxylation is 1. The van der Waals surface area contributed by atoms with Crippen LogP contribution >= 0.6 is 15.9 Å². The van der Waals surface area contributed by atoms with Crippen molar-refractivity contribution in [1.82, 2.24) is 9.88 Å². The number of aliphatic imine (C=N–C) groups is 1. The van der Waals surface area contributed by atoms with Crippen LogP contribution in [0.2, 0.25) is 0 Å². The van der Waals surface area contributed by atoms with Gasteiger partial charge >= 0.3 is 0 Å². The normalized spacial score (nSPS) is 11.5. The Balaban J connectivity index is 2.68. The molecular weight excluding hydrogens is 330 g/mol. The van der Waals surface area contributed by atoms with E-state index in [4.69, 9.17) is 4.74 Å². The van der Waals surface area contributed by atoms with Gasteiger partial charge in [0.1, 0.15) is 0 Å². The smallest absolute Gasteiger partial charge is 0.228 e. The van der Waals surface area contributed by atoms with E-state index in [0.717, 1.165) is 35.2 Å². The van der Waals surface area contributed by atoms with E-state index in [0.29, 0.717) is 12.5 Å². The third-order valence-corrected chi connectivity index (χ3v) is 3.56. The second-order valence-electron chi connectivity index (χ2n) is 4.76. The summed E-state index contributed by atoms with van der Waals surface area (Å²) < 4.78 is 6.55. The van der Waals surface area contributed by atoms with Gasteiger partial charge in [-0.25, -0.2) is 9.98 Å². The lowest BCUT2D eigenvalue weighted by molar-refractivity contribution is 0.298. The first-order chi connectivity index (χ1) is 10.1. The molecule has 0 amide bonds. The molecule has 0 spiro atoms. The summed E-state index contributed by atoms with van der Waals surface area (Å²) in [4.78, 5) is 10.9. The quantitative estimate of drug-likeness (QED) is 0.299. The fourth-order valence-corrected chi connectivity index (χ4v) is 1.98. The fourth-order valence-electron chi connectivity index (χ4n) is 1.56. The number of unbranched alkanes of at least 4 members (excludes halogenated alkanes) is 1. The molecule has 5 heteroatoms. The first kappa shape index (κ1) is 17.7. The average molecular weight is 354 g/mol. The number of nitrogens with zero attached hydrogens (tertiary/aromatic N) is 3. The molecular formula is C16H24BrN3O. The van der Waals surface area contributed by atoms with Gasteiger partial charge in [0.25, 0.3) is 0 Å². The summed E-state index contributed by atoms with van der Waals surface area (Å²) in [5.41, 5.74) is 1.71. The summed E-state index contributed by atoms with van der Waals surface area (Å²) >= 11 is 3.50. The predicted octanol–water partition coefficient (Wildman–Crippen LogP) is 4.50. The van der Waals surface area contributed by atoms with Gasteiger partial charge in [-0.05, 0) is 55.6 Å². The van der Waals surface area contributed by atoms with Gasteiger partial charge in [0.2, 0.25) is 5.88 Å². The van der Waals surface area contributed by atoms with Crippen molar-refractivity contribution < 1.29 is 4.74 Å². The van der Waals surface area contributed by atoms with Gasteiger partial charge in [-0.1, -0.05) is 12.2 Å². The summed E-state index contributed by atoms with van der Waals surface area (Å²) in [7, 11) is 1.99. The van der Waals surface area contributed by atoms with Crippen LogP contribution in [0.1, 0.15) is 32.4 Å². The number of hydrogen-bond acceptors (Lipinski definition) is 3. The van der Waals surface area contributed by atoms with Crippen molar-refractivity contribution in [2.24, 2.45) is 4.99 Å². The maximum atomic E-state index is 5.71. The average Bonchev–Trinajstić information content (AvgIpc) is 2.48. The van der Waals surface area contributed by atoms with Crippen molar-refractivity contribution in [2.75, 3.05) is 20.2 Å². The van der Waals surface area contributed by atoms with Gasteiger partial charge in [0.05, 0.1) is 28.8 Å². The van der Waals surface area contributed by atoms with Gasteiger partial charge < -0.3 is 9.64 Å². The van der Waals surface area contributed by atoms with Crippen LogP contribution in [-0.4, -0.2) is 36.4 Å². The molecule has 0 aliphatic heterocycles. The highest BCUT2D eigenvalue weighted by atomic mass is 79.9. The van der Waals surface area contributed by atoms with Crippen LogP contribution in [0.3, 0.4) is 0 Å². The van der Waals surface area contributed by atoms with E-state index in [1.165, 1.54) is 0 Å². The SMILES string of the molecule is C/C=C\CCCOc1nc(C)c(N=CN(C)CC)cc1Br. The van der Waals surface area contributed by atoms with Crippen LogP contribution < -0.4 is 4.74 Å². The van der Waals surface area contributed by atoms with E-state index >= 15 is 0 Å². The maximum Gasteiger partial charge on any atom is 0.228 e. The predicted molar refractivity (Wildman–Crippen MR) is 92.7 cm³/mol. The lowest BCUT2D eigenvalue weighted by Crippen LogP contribution is -2.14. The largest absolute Gasteiger partial charge is 0.477 e. The molecule has 0 aliphatic rings. The minimum absolute atomic E-state index is 0.635. The van der Waals surface area contributed by atoms with Crippen LogP contribution in [0, 0.1) is 6.92 Å². The summed E-state index contributed by atoms with van der Waals surface area (Å²) in [6, 6.07) is 1.95. The molecule has 0 aliphatic carbocycles. The van der Waals surface area contributed by atoms with Crippen LogP contribution in [-0.2, 0) is 0 Å². The van der Waals surface area contributed by atoms with Crippen molar-refractivity contribution in [3.8, 4) is 5.88 Å². The highest BCUT2D eigenvalue weighted by Crippen LogP contribution is 2.29. The lowest BCUT2D eigenvalue weighted by atomic mass is 10.3. The topological polar surface area (TPSA) is 37.7 Å². The molecule has 4 nitrogen and oxygen atoms in total. The van der Waals surface area contributed by atoms with Crippen LogP contribution in [0.15, 0.2) is 27.7 Å². The lowest BCUT2D eigenvalue weighted by Gasteiger charge is -2.11. The molecule has 116 valence electrons. The maximum absolute atomic E-state index is 5.71. The van der Waals surface area contributed by atoms with Gasteiger partial charge in [-0.15, -0.1) is 0 Å². The summed E-state index contributed by atoms with van der Waals surface area (Å²) in [6.07, 6.45) is 8.02. The number of hydrogen-bond donors (Lipinski definition) is 0. The first-order valence-corrected chi connectivity index (χ1v) is 8.03. The zero-order chi connectivity index (χ0) is 15.7. The molecule has 0 aromatic carbocycles. The van der Waals surface area contributed by atoms with Crippen molar-refractivity contribution in [1.29, 1.82) is 0 Å². The Morgan fingerprint density at radius 1 is 1.48 bits per heavy atom. The Morgan fingerprint density at radius 2 is 2.24 bits per heavy atom. The number of allylic oxidation sites excluding steroid dienone is 2. The monoisotopic (exact) mass is 353 g/mol. The molecule has 0 bridgehead atoms. The van der Waals surface area contributed by atoms with Gasteiger partial charge in [-0.2, -0.15) is 0 Å². The van der Waals surface area contributed by atoms with Gasteiger partial charge in [0, 0.05) is 13.6 Å². The Morgan fingerprint density at radius 3 is 2.90 bits per heavy atom. The van der Waals surface area contributed by atoms with Crippen molar-refractivity contribution >= 4 is 28.0 Å². The molecule has 1 aromatic rings. The third kappa shape index (κ3) is 6.29. The zero-order valence-electron chi connectivity index (χ0n) is 13.3. The number of halogens is 1. The molecule has 0 fully saturated rings. The molecule has 21 heavy (non-hydrogen) atoms. The second-order valence-corrected chi connectivity index (χ2v) is 5.61. The van der Waals surface area contributed by atoms with E-state index < -0.39 is 0 Å². The van der Waals surface area contributed by atoms with Gasteiger partial charge in [0.15, 0.2) is 0 Å². The molecule has 0 saturated carbocycles. The third-order valence-electron chi connectivity index (χ3n) is 2.99. The van der Waals surface area contributed by atoms with Gasteiger partial charge in [-0.3, -0.25) is 0 Å². The second kappa shape index (κ2) is 9.55. The van der Waals surface area contributed by atoms with Crippen LogP contribution in [0.4, 0.5) is 5.69 Å². The Hall–Kier alpha value is -1.36. The standard InChI is InChI=1S/C16H24BrN3O/c1-5-7-8-9-10-21-16-14(17)11-15(13(3)19-16)18-12-20(4)6-2/h5,7,11-12H,6,8-10H2,1-4H3/b7-5-,18-12?. The number of aromatic nitrogens is 1. The number of pyridine rings is 1. The zero-order valence-corrected chi connectivity index (χ0v) is 14.9. The van der Waals surface area contributed by atoms with Crippen LogP contribution in [0.5, 0.6) is 5.88 Å². The molecule has 0 atom stereocenters. The minimum atomic E-state index is 0.635. The van der Waals surface area contributed by atoms with Crippen molar-refractivity contribution in [3.05, 3.63) is 28.4 Å². The minimum Gasteiger partial charge on any atom is -0.477 e. The Kier molecular flexibility index (Phi) is 8.05. The van der Waals surface area contributed by atoms with Crippen molar-refractivity contribution in [3.63, 3.8) is 0 Å². The van der Waals surface area contributed by atoms with E-state index in [9.17, 15) is 0 Å². The summed E-state index contributed by atoms with van der Waals surface area (Å²) in [5.74, 6) is 0.635. The van der Waals surface area contributed by atoms with E-state index in [2.05, 4.69) is 45.0 Å². The number of ether oxygens (including phenoxy) is 1.